The van der Waals surface area contributed by atoms with Crippen LogP contribution in [0.3, 0.4) is 0 Å². The zero-order valence-electron chi connectivity index (χ0n) is 12.1. The van der Waals surface area contributed by atoms with Gasteiger partial charge in [-0.2, -0.15) is 0 Å². The minimum Gasteiger partial charge on any atom is -0.355 e. The molecule has 1 aromatic carbocycles. The monoisotopic (exact) mass is 289 g/mol. The number of guanidine groups is 1. The van der Waals surface area contributed by atoms with E-state index in [1.807, 2.05) is 18.8 Å². The number of likely N-dealkylation sites (tertiary alicyclic amines) is 1. The zero-order valence-corrected chi connectivity index (χ0v) is 13.0. The van der Waals surface area contributed by atoms with E-state index in [0.29, 0.717) is 4.75 Å². The van der Waals surface area contributed by atoms with Crippen molar-refractivity contribution in [2.75, 3.05) is 26.7 Å². The Morgan fingerprint density at radius 3 is 2.55 bits per heavy atom. The van der Waals surface area contributed by atoms with Gasteiger partial charge in [-0.1, -0.05) is 18.2 Å². The first-order valence-corrected chi connectivity index (χ1v) is 8.33. The van der Waals surface area contributed by atoms with Crippen molar-refractivity contribution >= 4 is 17.7 Å². The highest BCUT2D eigenvalue weighted by molar-refractivity contribution is 8.01. The molecule has 4 heteroatoms. The van der Waals surface area contributed by atoms with E-state index in [1.54, 1.807) is 0 Å². The predicted molar refractivity (Wildman–Crippen MR) is 86.4 cm³/mol. The van der Waals surface area contributed by atoms with Gasteiger partial charge in [0.25, 0.3) is 0 Å². The van der Waals surface area contributed by atoms with Crippen molar-refractivity contribution < 1.29 is 0 Å². The van der Waals surface area contributed by atoms with Crippen molar-refractivity contribution in [1.29, 1.82) is 0 Å². The summed E-state index contributed by atoms with van der Waals surface area (Å²) in [4.78, 5) is 8.19. The lowest BCUT2D eigenvalue weighted by molar-refractivity contribution is 0.493. The molecule has 1 N–H and O–H groups in total. The molecule has 0 spiro atoms. The SMILES string of the molecule is CN=C(NCC1(Sc2ccccc2)CC1)N1CCCC1. The standard InChI is InChI=1S/C16H23N3S/c1-17-15(19-11-5-6-12-19)18-13-16(9-10-16)20-14-7-3-2-4-8-14/h2-4,7-8H,5-6,9-13H2,1H3,(H,17,18). The van der Waals surface area contributed by atoms with Gasteiger partial charge >= 0.3 is 0 Å². The highest BCUT2D eigenvalue weighted by Gasteiger charge is 2.43. The Morgan fingerprint density at radius 2 is 1.95 bits per heavy atom. The molecule has 20 heavy (non-hydrogen) atoms. The summed E-state index contributed by atoms with van der Waals surface area (Å²) in [6, 6.07) is 10.7. The van der Waals surface area contributed by atoms with Gasteiger partial charge in [0.1, 0.15) is 0 Å². The van der Waals surface area contributed by atoms with Gasteiger partial charge in [0.2, 0.25) is 0 Å². The number of benzene rings is 1. The molecule has 0 atom stereocenters. The molecule has 1 aliphatic carbocycles. The summed E-state index contributed by atoms with van der Waals surface area (Å²) in [5, 5.41) is 3.59. The van der Waals surface area contributed by atoms with Gasteiger partial charge in [-0.15, -0.1) is 11.8 Å². The Labute approximate surface area is 125 Å². The van der Waals surface area contributed by atoms with E-state index in [4.69, 9.17) is 0 Å². The average molecular weight is 289 g/mol. The lowest BCUT2D eigenvalue weighted by atomic mass is 10.4. The molecule has 0 unspecified atom stereocenters. The first-order chi connectivity index (χ1) is 9.81. The summed E-state index contributed by atoms with van der Waals surface area (Å²) in [6.45, 7) is 3.33. The summed E-state index contributed by atoms with van der Waals surface area (Å²) in [5.41, 5.74) is 0. The van der Waals surface area contributed by atoms with Crippen LogP contribution in [-0.4, -0.2) is 42.3 Å². The largest absolute Gasteiger partial charge is 0.355 e. The molecule has 1 aliphatic heterocycles. The molecule has 0 aromatic heterocycles. The molecule has 1 aromatic rings. The van der Waals surface area contributed by atoms with Crippen LogP contribution in [0.4, 0.5) is 0 Å². The van der Waals surface area contributed by atoms with Gasteiger partial charge in [0.15, 0.2) is 5.96 Å². The lowest BCUT2D eigenvalue weighted by Crippen LogP contribution is -2.42. The molecule has 3 rings (SSSR count). The van der Waals surface area contributed by atoms with E-state index < -0.39 is 0 Å². The van der Waals surface area contributed by atoms with Crippen LogP contribution in [0.15, 0.2) is 40.2 Å². The third-order valence-electron chi connectivity index (χ3n) is 4.07. The molecular weight excluding hydrogens is 266 g/mol. The fourth-order valence-electron chi connectivity index (χ4n) is 2.69. The average Bonchev–Trinajstić information content (AvgIpc) is 3.02. The van der Waals surface area contributed by atoms with Crippen molar-refractivity contribution in [2.45, 2.75) is 35.3 Å². The lowest BCUT2D eigenvalue weighted by Gasteiger charge is -2.23. The molecule has 3 nitrogen and oxygen atoms in total. The molecule has 1 saturated heterocycles. The van der Waals surface area contributed by atoms with Crippen LogP contribution in [-0.2, 0) is 0 Å². The van der Waals surface area contributed by atoms with Crippen LogP contribution in [0.5, 0.6) is 0 Å². The highest BCUT2D eigenvalue weighted by atomic mass is 32.2. The Balaban J connectivity index is 1.54. The van der Waals surface area contributed by atoms with Gasteiger partial charge in [-0.25, -0.2) is 0 Å². The summed E-state index contributed by atoms with van der Waals surface area (Å²) in [5.74, 6) is 1.09. The second-order valence-corrected chi connectivity index (χ2v) is 7.23. The molecule has 1 saturated carbocycles. The molecule has 0 amide bonds. The minimum absolute atomic E-state index is 0.386. The second kappa shape index (κ2) is 6.08. The number of aliphatic imine (C=N–C) groups is 1. The predicted octanol–water partition coefficient (Wildman–Crippen LogP) is 2.98. The van der Waals surface area contributed by atoms with Crippen LogP contribution < -0.4 is 5.32 Å². The maximum Gasteiger partial charge on any atom is 0.193 e. The van der Waals surface area contributed by atoms with Crippen LogP contribution in [0, 0.1) is 0 Å². The van der Waals surface area contributed by atoms with Gasteiger partial charge in [-0.3, -0.25) is 4.99 Å². The fourth-order valence-corrected chi connectivity index (χ4v) is 3.94. The van der Waals surface area contributed by atoms with E-state index in [2.05, 4.69) is 45.5 Å². The molecular formula is C16H23N3S. The first-order valence-electron chi connectivity index (χ1n) is 7.51. The molecule has 2 aliphatic rings. The molecule has 0 bridgehead atoms. The normalized spacial score (nSPS) is 21.1. The van der Waals surface area contributed by atoms with E-state index >= 15 is 0 Å². The summed E-state index contributed by atoms with van der Waals surface area (Å²) in [7, 11) is 1.89. The maximum absolute atomic E-state index is 4.43. The van der Waals surface area contributed by atoms with Crippen LogP contribution in [0.2, 0.25) is 0 Å². The second-order valence-electron chi connectivity index (χ2n) is 5.69. The number of thioether (sulfide) groups is 1. The Hall–Kier alpha value is -1.16. The number of hydrogen-bond donors (Lipinski definition) is 1. The molecule has 1 heterocycles. The van der Waals surface area contributed by atoms with E-state index in [9.17, 15) is 0 Å². The van der Waals surface area contributed by atoms with Crippen molar-refractivity contribution in [3.8, 4) is 0 Å². The zero-order chi connectivity index (χ0) is 13.8. The van der Waals surface area contributed by atoms with Gasteiger partial charge < -0.3 is 10.2 Å². The topological polar surface area (TPSA) is 27.6 Å². The summed E-state index contributed by atoms with van der Waals surface area (Å²) < 4.78 is 0.386. The van der Waals surface area contributed by atoms with Crippen molar-refractivity contribution in [3.05, 3.63) is 30.3 Å². The smallest absolute Gasteiger partial charge is 0.193 e. The van der Waals surface area contributed by atoms with E-state index in [-0.39, 0.29) is 0 Å². The van der Waals surface area contributed by atoms with E-state index in [1.165, 1.54) is 30.6 Å². The quantitative estimate of drug-likeness (QED) is 0.682. The van der Waals surface area contributed by atoms with Crippen LogP contribution >= 0.6 is 11.8 Å². The van der Waals surface area contributed by atoms with Gasteiger partial charge in [-0.05, 0) is 37.8 Å². The van der Waals surface area contributed by atoms with Gasteiger partial charge in [0.05, 0.1) is 0 Å². The number of nitrogens with zero attached hydrogens (tertiary/aromatic N) is 2. The van der Waals surface area contributed by atoms with Crippen LogP contribution in [0.1, 0.15) is 25.7 Å². The minimum atomic E-state index is 0.386. The third-order valence-corrected chi connectivity index (χ3v) is 5.56. The molecule has 108 valence electrons. The Bertz CT molecular complexity index is 462. The molecule has 2 fully saturated rings. The summed E-state index contributed by atoms with van der Waals surface area (Å²) in [6.07, 6.45) is 5.20. The highest BCUT2D eigenvalue weighted by Crippen LogP contribution is 2.51. The van der Waals surface area contributed by atoms with Crippen LogP contribution in [0.25, 0.3) is 0 Å². The third kappa shape index (κ3) is 3.29. The van der Waals surface area contributed by atoms with E-state index in [0.717, 1.165) is 25.6 Å². The maximum atomic E-state index is 4.43. The Kier molecular flexibility index (Phi) is 4.20. The Morgan fingerprint density at radius 1 is 1.25 bits per heavy atom. The summed E-state index contributed by atoms with van der Waals surface area (Å²) >= 11 is 2.02. The van der Waals surface area contributed by atoms with Crippen molar-refractivity contribution in [3.63, 3.8) is 0 Å². The number of nitrogens with one attached hydrogen (secondary N) is 1. The first kappa shape index (κ1) is 13.8. The fraction of sp³-hybridized carbons (Fsp3) is 0.562. The van der Waals surface area contributed by atoms with Crippen molar-refractivity contribution in [2.24, 2.45) is 4.99 Å². The van der Waals surface area contributed by atoms with Gasteiger partial charge in [0, 0.05) is 36.3 Å². The number of rotatable bonds is 4. The van der Waals surface area contributed by atoms with Crippen molar-refractivity contribution in [1.82, 2.24) is 10.2 Å². The molecule has 0 radical (unpaired) electrons. The number of hydrogen-bond acceptors (Lipinski definition) is 2.